The van der Waals surface area contributed by atoms with Gasteiger partial charge in [0.25, 0.3) is 0 Å². The number of nitrogens with zero attached hydrogens (tertiary/aromatic N) is 1. The topological polar surface area (TPSA) is 29.4 Å². The Kier molecular flexibility index (Phi) is 6.16. The van der Waals surface area contributed by atoms with Crippen LogP contribution >= 0.6 is 27.5 Å². The molecule has 3 rings (SSSR count). The van der Waals surface area contributed by atoms with Gasteiger partial charge in [0.05, 0.1) is 5.69 Å². The summed E-state index contributed by atoms with van der Waals surface area (Å²) < 4.78 is 0.803. The molecule has 4 heteroatoms. The smallest absolute Gasteiger partial charge is 0.195 e. The van der Waals surface area contributed by atoms with Crippen molar-refractivity contribution < 1.29 is 4.79 Å². The van der Waals surface area contributed by atoms with Crippen LogP contribution in [0.4, 0.5) is 5.69 Å². The summed E-state index contributed by atoms with van der Waals surface area (Å²) in [6.07, 6.45) is 3.64. The van der Waals surface area contributed by atoms with E-state index in [9.17, 15) is 4.79 Å². The van der Waals surface area contributed by atoms with Gasteiger partial charge >= 0.3 is 0 Å². The predicted octanol–water partition coefficient (Wildman–Crippen LogP) is 6.71. The number of benzene rings is 3. The van der Waals surface area contributed by atoms with E-state index in [0.717, 1.165) is 10.0 Å². The summed E-state index contributed by atoms with van der Waals surface area (Å²) in [5.74, 6) is -0.108. The molecule has 0 radical (unpaired) electrons. The third-order valence-corrected chi connectivity index (χ3v) is 4.34. The number of carbonyl (C=O) groups is 1. The number of hydrogen-bond acceptors (Lipinski definition) is 2. The van der Waals surface area contributed by atoms with Crippen LogP contribution in [0.1, 0.15) is 21.5 Å². The fourth-order valence-electron chi connectivity index (χ4n) is 2.42. The van der Waals surface area contributed by atoms with Crippen LogP contribution in [0.5, 0.6) is 0 Å². The molecule has 0 spiro atoms. The maximum Gasteiger partial charge on any atom is 0.195 e. The molecule has 128 valence electrons. The summed E-state index contributed by atoms with van der Waals surface area (Å²) >= 11 is 9.59. The highest BCUT2D eigenvalue weighted by atomic mass is 79.9. The van der Waals surface area contributed by atoms with Gasteiger partial charge in [0, 0.05) is 26.8 Å². The van der Waals surface area contributed by atoms with Crippen molar-refractivity contribution in [3.8, 4) is 0 Å². The molecule has 0 N–H and O–H groups in total. The van der Waals surface area contributed by atoms with E-state index < -0.39 is 0 Å². The fraction of sp³-hybridized carbons (Fsp3) is 0. The number of aliphatic imine (C=N–C) groups is 1. The second kappa shape index (κ2) is 8.75. The van der Waals surface area contributed by atoms with Crippen molar-refractivity contribution in [2.24, 2.45) is 4.99 Å². The van der Waals surface area contributed by atoms with Crippen molar-refractivity contribution in [2.75, 3.05) is 0 Å². The van der Waals surface area contributed by atoms with E-state index in [1.165, 1.54) is 0 Å². The lowest BCUT2D eigenvalue weighted by Crippen LogP contribution is -2.01. The Bertz CT molecular complexity index is 966. The molecule has 0 bridgehead atoms. The van der Waals surface area contributed by atoms with Crippen LogP contribution < -0.4 is 0 Å². The number of halogens is 2. The van der Waals surface area contributed by atoms with Crippen molar-refractivity contribution in [3.63, 3.8) is 0 Å². The lowest BCUT2D eigenvalue weighted by molar-refractivity contribution is 0.103. The molecule has 0 amide bonds. The fourth-order valence-corrected chi connectivity index (χ4v) is 2.96. The quantitative estimate of drug-likeness (QED) is 0.330. The maximum absolute atomic E-state index is 12.8. The molecule has 0 saturated heterocycles. The number of allylic oxidation sites excluding steroid dienone is 1. The molecule has 0 atom stereocenters. The van der Waals surface area contributed by atoms with E-state index in [1.807, 2.05) is 54.6 Å². The van der Waals surface area contributed by atoms with E-state index in [0.29, 0.717) is 21.8 Å². The molecular weight excluding hydrogens is 410 g/mol. The molecular formula is C22H15BrClNO. The third-order valence-electron chi connectivity index (χ3n) is 3.67. The molecule has 3 aromatic carbocycles. The Morgan fingerprint density at radius 1 is 0.923 bits per heavy atom. The molecule has 0 unspecified atom stereocenters. The highest BCUT2D eigenvalue weighted by Crippen LogP contribution is 2.26. The summed E-state index contributed by atoms with van der Waals surface area (Å²) in [5, 5.41) is 0.502. The zero-order valence-corrected chi connectivity index (χ0v) is 16.1. The third kappa shape index (κ3) is 4.78. The largest absolute Gasteiger partial charge is 0.289 e. The molecule has 3 aromatic rings. The average Bonchev–Trinajstić information content (AvgIpc) is 2.68. The van der Waals surface area contributed by atoms with Crippen molar-refractivity contribution in [1.29, 1.82) is 0 Å². The monoisotopic (exact) mass is 423 g/mol. The first-order valence-electron chi connectivity index (χ1n) is 7.99. The van der Waals surface area contributed by atoms with Crippen LogP contribution in [0.25, 0.3) is 6.08 Å². The Balaban J connectivity index is 1.91. The van der Waals surface area contributed by atoms with E-state index in [1.54, 1.807) is 36.5 Å². The van der Waals surface area contributed by atoms with E-state index in [2.05, 4.69) is 20.9 Å². The van der Waals surface area contributed by atoms with Crippen LogP contribution in [-0.2, 0) is 0 Å². The number of rotatable bonds is 5. The maximum atomic E-state index is 12.8. The van der Waals surface area contributed by atoms with Gasteiger partial charge in [0.1, 0.15) is 0 Å². The van der Waals surface area contributed by atoms with E-state index in [4.69, 9.17) is 11.6 Å². The first-order valence-corrected chi connectivity index (χ1v) is 9.16. The molecule has 0 aliphatic heterocycles. The Labute approximate surface area is 166 Å². The molecule has 2 nitrogen and oxygen atoms in total. The van der Waals surface area contributed by atoms with Gasteiger partial charge in [-0.1, -0.05) is 72.3 Å². The van der Waals surface area contributed by atoms with Gasteiger partial charge in [-0.2, -0.15) is 0 Å². The summed E-state index contributed by atoms with van der Waals surface area (Å²) in [7, 11) is 0. The lowest BCUT2D eigenvalue weighted by atomic mass is 10.0. The summed E-state index contributed by atoms with van der Waals surface area (Å²) in [6, 6.07) is 24.1. The van der Waals surface area contributed by atoms with Gasteiger partial charge in [0.15, 0.2) is 5.78 Å². The summed E-state index contributed by atoms with van der Waals surface area (Å²) in [6.45, 7) is 0. The van der Waals surface area contributed by atoms with Gasteiger partial charge in [-0.15, -0.1) is 0 Å². The minimum atomic E-state index is -0.108. The van der Waals surface area contributed by atoms with Gasteiger partial charge in [-0.05, 0) is 45.8 Å². The predicted molar refractivity (Wildman–Crippen MR) is 113 cm³/mol. The molecule has 0 aromatic heterocycles. The van der Waals surface area contributed by atoms with Crippen LogP contribution in [0.3, 0.4) is 0 Å². The number of ketones is 1. The second-order valence-electron chi connectivity index (χ2n) is 5.55. The van der Waals surface area contributed by atoms with E-state index >= 15 is 0 Å². The number of carbonyl (C=O) groups excluding carboxylic acids is 1. The van der Waals surface area contributed by atoms with Crippen molar-refractivity contribution in [3.05, 3.63) is 105 Å². The number of hydrogen-bond donors (Lipinski definition) is 0. The summed E-state index contributed by atoms with van der Waals surface area (Å²) in [4.78, 5) is 17.3. The average molecular weight is 425 g/mol. The minimum Gasteiger partial charge on any atom is -0.289 e. The zero-order valence-electron chi connectivity index (χ0n) is 13.8. The van der Waals surface area contributed by atoms with Crippen molar-refractivity contribution in [1.82, 2.24) is 0 Å². The van der Waals surface area contributed by atoms with Crippen molar-refractivity contribution >= 4 is 51.3 Å². The van der Waals surface area contributed by atoms with E-state index in [-0.39, 0.29) is 5.78 Å². The van der Waals surface area contributed by atoms with Crippen LogP contribution in [0, 0.1) is 0 Å². The molecule has 0 heterocycles. The molecule has 0 saturated carbocycles. The van der Waals surface area contributed by atoms with Gasteiger partial charge in [-0.25, -0.2) is 0 Å². The van der Waals surface area contributed by atoms with Crippen LogP contribution in [0.15, 0.2) is 88.3 Å². The van der Waals surface area contributed by atoms with Gasteiger partial charge in [-0.3, -0.25) is 9.79 Å². The standard InChI is InChI=1S/C22H15BrClNO/c23-18(13-16-7-3-1-4-8-16)15-25-21-12-11-19(24)14-20(21)22(26)17-9-5-2-6-10-17/h1-15H/b18-13-,25-15?. The Morgan fingerprint density at radius 3 is 2.27 bits per heavy atom. The molecule has 0 aliphatic carbocycles. The van der Waals surface area contributed by atoms with Crippen LogP contribution in [0.2, 0.25) is 5.02 Å². The van der Waals surface area contributed by atoms with Gasteiger partial charge in [0.2, 0.25) is 0 Å². The molecule has 0 fully saturated rings. The molecule has 0 aliphatic rings. The highest BCUT2D eigenvalue weighted by Gasteiger charge is 2.13. The molecule has 26 heavy (non-hydrogen) atoms. The Morgan fingerprint density at radius 2 is 1.58 bits per heavy atom. The normalized spacial score (nSPS) is 11.7. The zero-order chi connectivity index (χ0) is 18.4. The SMILES string of the molecule is O=C(c1ccccc1)c1cc(Cl)ccc1N=C/C(Br)=C/c1ccccc1. The first-order chi connectivity index (χ1) is 12.6. The lowest BCUT2D eigenvalue weighted by Gasteiger charge is -2.06. The van der Waals surface area contributed by atoms with Crippen molar-refractivity contribution in [2.45, 2.75) is 0 Å². The Hall–Kier alpha value is -2.49. The summed E-state index contributed by atoms with van der Waals surface area (Å²) in [5.41, 5.74) is 2.70. The second-order valence-corrected chi connectivity index (χ2v) is 6.91. The highest BCUT2D eigenvalue weighted by molar-refractivity contribution is 9.12. The van der Waals surface area contributed by atoms with Crippen LogP contribution in [-0.4, -0.2) is 12.0 Å². The first kappa shape index (κ1) is 18.3. The van der Waals surface area contributed by atoms with Gasteiger partial charge < -0.3 is 0 Å². The minimum absolute atomic E-state index is 0.108.